The number of rotatable bonds is 2. The molecule has 3 nitrogen and oxygen atoms in total. The average Bonchev–Trinajstić information content (AvgIpc) is 2.37. The summed E-state index contributed by atoms with van der Waals surface area (Å²) in [5, 5.41) is 9.06. The van der Waals surface area contributed by atoms with Gasteiger partial charge < -0.3 is 5.11 Å². The summed E-state index contributed by atoms with van der Waals surface area (Å²) in [5.74, 6) is -1.61. The molecule has 6 heteroatoms. The topological polar surface area (TPSA) is 50.2 Å². The molecule has 1 aromatic heterocycles. The normalized spacial score (nSPS) is 11.3. The van der Waals surface area contributed by atoms with Crippen LogP contribution in [0.3, 0.4) is 0 Å². The summed E-state index contributed by atoms with van der Waals surface area (Å²) in [6.45, 7) is 0. The Labute approximate surface area is 106 Å². The summed E-state index contributed by atoms with van der Waals surface area (Å²) < 4.78 is 38.5. The lowest BCUT2D eigenvalue weighted by Crippen LogP contribution is -2.14. The number of aromatic nitrogens is 1. The van der Waals surface area contributed by atoms with E-state index in [-0.39, 0.29) is 5.56 Å². The molecule has 0 saturated heterocycles. The molecule has 0 bridgehead atoms. The lowest BCUT2D eigenvalue weighted by atomic mass is 9.96. The standard InChI is InChI=1S/C13H8F3NO2/c14-13(15,16)10-3-1-2-9(11(10)12(18)19)8-4-6-17-7-5-8/h1-7H,(H,18,19). The first-order chi connectivity index (χ1) is 8.91. The van der Waals surface area contributed by atoms with Crippen LogP contribution < -0.4 is 0 Å². The van der Waals surface area contributed by atoms with E-state index in [2.05, 4.69) is 4.98 Å². The fourth-order valence-corrected chi connectivity index (χ4v) is 1.79. The number of hydrogen-bond donors (Lipinski definition) is 1. The minimum Gasteiger partial charge on any atom is -0.478 e. The first-order valence-electron chi connectivity index (χ1n) is 5.25. The van der Waals surface area contributed by atoms with Gasteiger partial charge in [-0.05, 0) is 29.3 Å². The summed E-state index contributed by atoms with van der Waals surface area (Å²) in [4.78, 5) is 14.9. The van der Waals surface area contributed by atoms with Crippen LogP contribution in [0.25, 0.3) is 11.1 Å². The third-order valence-electron chi connectivity index (χ3n) is 2.58. The Kier molecular flexibility index (Phi) is 3.25. The molecule has 0 unspecified atom stereocenters. The number of aromatic carboxylic acids is 1. The van der Waals surface area contributed by atoms with E-state index >= 15 is 0 Å². The number of hydrogen-bond acceptors (Lipinski definition) is 2. The summed E-state index contributed by atoms with van der Waals surface area (Å²) in [6, 6.07) is 6.21. The predicted octanol–water partition coefficient (Wildman–Crippen LogP) is 3.47. The SMILES string of the molecule is O=C(O)c1c(-c2ccncc2)cccc1C(F)(F)F. The molecule has 1 N–H and O–H groups in total. The zero-order valence-corrected chi connectivity index (χ0v) is 9.48. The van der Waals surface area contributed by atoms with Gasteiger partial charge in [-0.2, -0.15) is 13.2 Å². The van der Waals surface area contributed by atoms with Gasteiger partial charge in [-0.3, -0.25) is 4.98 Å². The van der Waals surface area contributed by atoms with E-state index in [1.807, 2.05) is 0 Å². The van der Waals surface area contributed by atoms with Crippen molar-refractivity contribution >= 4 is 5.97 Å². The fraction of sp³-hybridized carbons (Fsp3) is 0.0769. The molecule has 0 aliphatic rings. The Balaban J connectivity index is 2.73. The molecule has 2 rings (SSSR count). The fourth-order valence-electron chi connectivity index (χ4n) is 1.79. The molecule has 2 aromatic rings. The van der Waals surface area contributed by atoms with E-state index in [0.29, 0.717) is 5.56 Å². The van der Waals surface area contributed by atoms with Crippen molar-refractivity contribution in [3.05, 3.63) is 53.9 Å². The molecular formula is C13H8F3NO2. The van der Waals surface area contributed by atoms with Gasteiger partial charge in [-0.1, -0.05) is 12.1 Å². The first kappa shape index (κ1) is 13.1. The Bertz CT molecular complexity index is 609. The van der Waals surface area contributed by atoms with Crippen LogP contribution in [0, 0.1) is 0 Å². The Morgan fingerprint density at radius 3 is 2.26 bits per heavy atom. The van der Waals surface area contributed by atoms with Gasteiger partial charge in [0, 0.05) is 12.4 Å². The van der Waals surface area contributed by atoms with E-state index in [0.717, 1.165) is 6.07 Å². The van der Waals surface area contributed by atoms with Crippen LogP contribution in [0.5, 0.6) is 0 Å². The van der Waals surface area contributed by atoms with E-state index < -0.39 is 23.3 Å². The molecule has 1 heterocycles. The molecule has 19 heavy (non-hydrogen) atoms. The molecule has 98 valence electrons. The lowest BCUT2D eigenvalue weighted by Gasteiger charge is -2.14. The molecule has 0 aliphatic carbocycles. The molecule has 0 aliphatic heterocycles. The van der Waals surface area contributed by atoms with Crippen molar-refractivity contribution in [1.29, 1.82) is 0 Å². The minimum atomic E-state index is -4.71. The number of carboxylic acid groups (broad SMARTS) is 1. The number of alkyl halides is 3. The number of pyridine rings is 1. The summed E-state index contributed by atoms with van der Waals surface area (Å²) in [5.41, 5.74) is -1.52. The summed E-state index contributed by atoms with van der Waals surface area (Å²) in [6.07, 6.45) is -1.93. The van der Waals surface area contributed by atoms with Gasteiger partial charge in [0.2, 0.25) is 0 Å². The van der Waals surface area contributed by atoms with E-state index in [1.54, 1.807) is 0 Å². The van der Waals surface area contributed by atoms with Crippen molar-refractivity contribution in [2.24, 2.45) is 0 Å². The highest BCUT2D eigenvalue weighted by Gasteiger charge is 2.36. The third-order valence-corrected chi connectivity index (χ3v) is 2.58. The van der Waals surface area contributed by atoms with Gasteiger partial charge in [0.05, 0.1) is 11.1 Å². The van der Waals surface area contributed by atoms with Crippen molar-refractivity contribution in [2.75, 3.05) is 0 Å². The van der Waals surface area contributed by atoms with Crippen LogP contribution in [-0.2, 0) is 6.18 Å². The van der Waals surface area contributed by atoms with Crippen molar-refractivity contribution in [3.63, 3.8) is 0 Å². The highest BCUT2D eigenvalue weighted by atomic mass is 19.4. The van der Waals surface area contributed by atoms with Crippen molar-refractivity contribution in [2.45, 2.75) is 6.18 Å². The minimum absolute atomic E-state index is 0.0183. The van der Waals surface area contributed by atoms with Crippen LogP contribution in [0.1, 0.15) is 15.9 Å². The highest BCUT2D eigenvalue weighted by Crippen LogP contribution is 2.36. The van der Waals surface area contributed by atoms with E-state index in [4.69, 9.17) is 5.11 Å². The second kappa shape index (κ2) is 4.72. The quantitative estimate of drug-likeness (QED) is 0.906. The number of carboxylic acids is 1. The number of benzene rings is 1. The highest BCUT2D eigenvalue weighted by molar-refractivity contribution is 5.97. The molecule has 0 atom stereocenters. The predicted molar refractivity (Wildman–Crippen MR) is 61.6 cm³/mol. The third kappa shape index (κ3) is 2.57. The first-order valence-corrected chi connectivity index (χ1v) is 5.25. The number of nitrogens with zero attached hydrogens (tertiary/aromatic N) is 1. The molecule has 0 fully saturated rings. The Morgan fingerprint density at radius 2 is 1.74 bits per heavy atom. The van der Waals surface area contributed by atoms with Gasteiger partial charge in [-0.25, -0.2) is 4.79 Å². The summed E-state index contributed by atoms with van der Waals surface area (Å²) >= 11 is 0. The van der Waals surface area contributed by atoms with Crippen LogP contribution in [0.15, 0.2) is 42.7 Å². The molecule has 0 radical (unpaired) electrons. The number of carbonyl (C=O) groups is 1. The molecule has 0 saturated carbocycles. The maximum atomic E-state index is 12.8. The zero-order chi connectivity index (χ0) is 14.0. The van der Waals surface area contributed by atoms with Gasteiger partial charge in [-0.15, -0.1) is 0 Å². The van der Waals surface area contributed by atoms with Crippen LogP contribution in [-0.4, -0.2) is 16.1 Å². The van der Waals surface area contributed by atoms with Crippen LogP contribution in [0.2, 0.25) is 0 Å². The average molecular weight is 267 g/mol. The Morgan fingerprint density at radius 1 is 1.11 bits per heavy atom. The van der Waals surface area contributed by atoms with Crippen molar-refractivity contribution < 1.29 is 23.1 Å². The number of halogens is 3. The van der Waals surface area contributed by atoms with Crippen LogP contribution >= 0.6 is 0 Å². The second-order valence-corrected chi connectivity index (χ2v) is 3.77. The van der Waals surface area contributed by atoms with Crippen molar-refractivity contribution in [3.8, 4) is 11.1 Å². The van der Waals surface area contributed by atoms with E-state index in [1.165, 1.54) is 36.7 Å². The van der Waals surface area contributed by atoms with Gasteiger partial charge >= 0.3 is 12.1 Å². The molecular weight excluding hydrogens is 259 g/mol. The Hall–Kier alpha value is -2.37. The zero-order valence-electron chi connectivity index (χ0n) is 9.48. The van der Waals surface area contributed by atoms with Gasteiger partial charge in [0.1, 0.15) is 0 Å². The smallest absolute Gasteiger partial charge is 0.417 e. The van der Waals surface area contributed by atoms with Crippen molar-refractivity contribution in [1.82, 2.24) is 4.98 Å². The molecule has 0 spiro atoms. The maximum absolute atomic E-state index is 12.8. The van der Waals surface area contributed by atoms with E-state index in [9.17, 15) is 18.0 Å². The molecule has 1 aromatic carbocycles. The van der Waals surface area contributed by atoms with Crippen LogP contribution in [0.4, 0.5) is 13.2 Å². The van der Waals surface area contributed by atoms with Gasteiger partial charge in [0.25, 0.3) is 0 Å². The monoisotopic (exact) mass is 267 g/mol. The maximum Gasteiger partial charge on any atom is 0.417 e. The lowest BCUT2D eigenvalue weighted by molar-refractivity contribution is -0.138. The molecule has 0 amide bonds. The largest absolute Gasteiger partial charge is 0.478 e. The summed E-state index contributed by atoms with van der Waals surface area (Å²) in [7, 11) is 0. The second-order valence-electron chi connectivity index (χ2n) is 3.77. The van der Waals surface area contributed by atoms with Gasteiger partial charge in [0.15, 0.2) is 0 Å².